The molecule has 4 aromatic heterocycles. The quantitative estimate of drug-likeness (QED) is 0.0681. The number of piperazine rings is 1. The van der Waals surface area contributed by atoms with Gasteiger partial charge in [-0.25, -0.2) is 42.5 Å². The number of fused-ring (bicyclic) bond motifs is 1. The van der Waals surface area contributed by atoms with Gasteiger partial charge in [0.1, 0.15) is 58.1 Å². The number of rotatable bonds is 16. The summed E-state index contributed by atoms with van der Waals surface area (Å²) in [5.41, 5.74) is 2.47. The van der Waals surface area contributed by atoms with Gasteiger partial charge in [-0.05, 0) is 150 Å². The summed E-state index contributed by atoms with van der Waals surface area (Å²) in [7, 11) is -3.88. The molecule has 4 aliphatic rings. The van der Waals surface area contributed by atoms with Crippen molar-refractivity contribution in [3.05, 3.63) is 93.8 Å². The van der Waals surface area contributed by atoms with Crippen molar-refractivity contribution in [1.82, 2.24) is 54.7 Å². The van der Waals surface area contributed by atoms with Gasteiger partial charge in [0.25, 0.3) is 0 Å². The average Bonchev–Trinajstić information content (AvgIpc) is 3.77. The van der Waals surface area contributed by atoms with Gasteiger partial charge in [-0.1, -0.05) is 0 Å². The highest BCUT2D eigenvalue weighted by Gasteiger charge is 2.43. The lowest BCUT2D eigenvalue weighted by molar-refractivity contribution is -0.135. The molecule has 2 amide bonds. The van der Waals surface area contributed by atoms with Gasteiger partial charge < -0.3 is 39.1 Å². The first-order chi connectivity index (χ1) is 39.4. The fourth-order valence-electron chi connectivity index (χ4n) is 11.5. The van der Waals surface area contributed by atoms with E-state index in [1.54, 1.807) is 50.7 Å². The molecule has 0 saturated carbocycles. The summed E-state index contributed by atoms with van der Waals surface area (Å²) in [6.07, 6.45) is 9.99. The van der Waals surface area contributed by atoms with Crippen LogP contribution in [0.2, 0.25) is 0 Å². The number of ether oxygens (including phenoxy) is 3. The van der Waals surface area contributed by atoms with Crippen molar-refractivity contribution in [3.63, 3.8) is 0 Å². The molecule has 0 aliphatic carbocycles. The van der Waals surface area contributed by atoms with E-state index in [2.05, 4.69) is 50.1 Å². The number of amides is 2. The second kappa shape index (κ2) is 24.0. The van der Waals surface area contributed by atoms with Crippen LogP contribution in [0, 0.1) is 25.1 Å². The summed E-state index contributed by atoms with van der Waals surface area (Å²) < 4.78 is 58.5. The van der Waals surface area contributed by atoms with Gasteiger partial charge in [0, 0.05) is 85.0 Å². The minimum Gasteiger partial charge on any atom is -0.489 e. The molecule has 0 unspecified atom stereocenters. The highest BCUT2D eigenvalue weighted by Crippen LogP contribution is 2.43. The molecule has 4 aliphatic heterocycles. The van der Waals surface area contributed by atoms with Crippen molar-refractivity contribution in [2.75, 3.05) is 82.3 Å². The van der Waals surface area contributed by atoms with Crippen LogP contribution < -0.4 is 19.7 Å². The van der Waals surface area contributed by atoms with Gasteiger partial charge >= 0.3 is 6.09 Å². The highest BCUT2D eigenvalue weighted by atomic mass is 32.2. The zero-order valence-electron chi connectivity index (χ0n) is 48.9. The molecular weight excluding hydrogens is 1100 g/mol. The average molecular weight is 1180 g/mol. The summed E-state index contributed by atoms with van der Waals surface area (Å²) >= 11 is 1.37. The number of nitrogens with one attached hydrogen (secondary N) is 2. The summed E-state index contributed by atoms with van der Waals surface area (Å²) in [6.45, 7) is 22.4. The normalized spacial score (nSPS) is 20.0. The first-order valence-corrected chi connectivity index (χ1v) is 31.0. The number of sulfone groups is 1. The molecule has 1 spiro atoms. The molecule has 0 radical (unpaired) electrons. The molecule has 3 atom stereocenters. The molecule has 10 rings (SSSR count). The lowest BCUT2D eigenvalue weighted by Gasteiger charge is -2.50. The van der Waals surface area contributed by atoms with Gasteiger partial charge in [-0.2, -0.15) is 5.10 Å². The Morgan fingerprint density at radius 2 is 1.57 bits per heavy atom. The van der Waals surface area contributed by atoms with Crippen molar-refractivity contribution < 1.29 is 41.4 Å². The number of ketones is 1. The number of aromatic nitrogens is 7. The standard InChI is InChI=1S/C59H76FN13O8S2/c1-37-31-71(34-50(74)72-20-10-11-47(72)54-65-46(35-82-54)51(75)40-12-14-41(60)15-13-40)42(33-73(37)56(76)81-57(4,5)6)32-69-21-16-59(17-22-69)18-23-70(24-19-59)55-61-29-43(30-62-55)79-25-26-80-48-28-45-44(27-49(48)83(77,78)58(7,8)9)53(64-36-63-45)66-52-38(2)39(3)67-68-52/h12-15,27-30,35-37,42,47H,10-11,16-26,31-34H2,1-9H3,(H2,63,64,66,67,68)/t37-,42+,47+/m1/s1. The van der Waals surface area contributed by atoms with E-state index in [4.69, 9.17) is 19.2 Å². The minimum absolute atomic E-state index is 0.00155. The van der Waals surface area contributed by atoms with E-state index in [1.807, 2.05) is 51.3 Å². The molecule has 6 aromatic rings. The molecule has 444 valence electrons. The fourth-order valence-corrected chi connectivity index (χ4v) is 13.8. The second-order valence-electron chi connectivity index (χ2n) is 24.5. The minimum atomic E-state index is -3.88. The van der Waals surface area contributed by atoms with E-state index >= 15 is 0 Å². The van der Waals surface area contributed by atoms with Crippen molar-refractivity contribution in [1.29, 1.82) is 0 Å². The van der Waals surface area contributed by atoms with Gasteiger partial charge in [0.05, 0.1) is 35.2 Å². The number of H-pyrrole nitrogens is 1. The maximum absolute atomic E-state index is 14.4. The van der Waals surface area contributed by atoms with E-state index in [9.17, 15) is 27.2 Å². The Bertz CT molecular complexity index is 3420. The summed E-state index contributed by atoms with van der Waals surface area (Å²) in [4.78, 5) is 74.9. The van der Waals surface area contributed by atoms with Crippen molar-refractivity contribution >= 4 is 67.4 Å². The Labute approximate surface area is 488 Å². The van der Waals surface area contributed by atoms with Crippen LogP contribution in [0.1, 0.15) is 125 Å². The molecule has 2 aromatic carbocycles. The maximum atomic E-state index is 14.4. The zero-order chi connectivity index (χ0) is 59.0. The summed E-state index contributed by atoms with van der Waals surface area (Å²) in [5.74, 6) is 1.54. The molecular formula is C59H76FN13O8S2. The largest absolute Gasteiger partial charge is 0.489 e. The predicted molar refractivity (Wildman–Crippen MR) is 314 cm³/mol. The van der Waals surface area contributed by atoms with E-state index in [0.29, 0.717) is 71.0 Å². The third-order valence-electron chi connectivity index (χ3n) is 16.6. The van der Waals surface area contributed by atoms with Crippen LogP contribution in [-0.2, 0) is 19.4 Å². The molecule has 4 saturated heterocycles. The molecule has 2 N–H and O–H groups in total. The van der Waals surface area contributed by atoms with Crippen molar-refractivity contribution in [2.24, 2.45) is 5.41 Å². The van der Waals surface area contributed by atoms with Gasteiger partial charge in [0.15, 0.2) is 21.4 Å². The lowest BCUT2D eigenvalue weighted by atomic mass is 9.71. The predicted octanol–water partition coefficient (Wildman–Crippen LogP) is 8.72. The Morgan fingerprint density at radius 3 is 2.24 bits per heavy atom. The van der Waals surface area contributed by atoms with Crippen LogP contribution in [0.4, 0.5) is 26.8 Å². The SMILES string of the molecule is Cc1[nH]nc(Nc2ncnc3cc(OCCOc4cnc(N5CCC6(CCN(C[C@H]7CN(C(=O)OC(C)(C)C)[C@H](C)CN7CC(=O)N7CCC[C@H]7c7nc(C(=O)c8ccc(F)cc8)cs7)CC6)CC5)nc4)c(S(=O)(=O)C(C)(C)C)cc23)c1C. The number of hydrogen-bond donors (Lipinski definition) is 2. The van der Waals surface area contributed by atoms with Crippen LogP contribution in [0.3, 0.4) is 0 Å². The summed E-state index contributed by atoms with van der Waals surface area (Å²) in [6, 6.07) is 8.07. The number of halogens is 1. The Balaban J connectivity index is 0.726. The molecule has 24 heteroatoms. The monoisotopic (exact) mass is 1180 g/mol. The smallest absolute Gasteiger partial charge is 0.410 e. The molecule has 4 fully saturated rings. The number of piperidine rings is 2. The van der Waals surface area contributed by atoms with Crippen molar-refractivity contribution in [2.45, 2.75) is 134 Å². The number of likely N-dealkylation sites (tertiary alicyclic amines) is 2. The van der Waals surface area contributed by atoms with Crippen LogP contribution >= 0.6 is 11.3 Å². The van der Waals surface area contributed by atoms with Gasteiger partial charge in [0.2, 0.25) is 17.6 Å². The number of hydrogen-bond acceptors (Lipinski definition) is 19. The number of aryl methyl sites for hydroxylation is 1. The van der Waals surface area contributed by atoms with Gasteiger partial charge in [-0.3, -0.25) is 19.6 Å². The molecule has 21 nitrogen and oxygen atoms in total. The fraction of sp³-hybridized carbons (Fsp3) is 0.542. The Hall–Kier alpha value is -6.89. The third kappa shape index (κ3) is 13.2. The second-order valence-corrected chi connectivity index (χ2v) is 28.1. The number of anilines is 3. The van der Waals surface area contributed by atoms with Crippen LogP contribution in [-0.4, -0.2) is 175 Å². The third-order valence-corrected chi connectivity index (χ3v) is 20.1. The summed E-state index contributed by atoms with van der Waals surface area (Å²) in [5, 5.41) is 13.4. The van der Waals surface area contributed by atoms with E-state index in [1.165, 1.54) is 41.9 Å². The van der Waals surface area contributed by atoms with E-state index in [-0.39, 0.29) is 77.4 Å². The molecule has 0 bridgehead atoms. The zero-order valence-corrected chi connectivity index (χ0v) is 50.5. The number of carbonyl (C=O) groups excluding carboxylic acids is 3. The van der Waals surface area contributed by atoms with E-state index in [0.717, 1.165) is 76.0 Å². The van der Waals surface area contributed by atoms with Gasteiger partial charge in [-0.15, -0.1) is 11.3 Å². The number of aromatic amines is 1. The molecule has 8 heterocycles. The van der Waals surface area contributed by atoms with E-state index < -0.39 is 26.0 Å². The topological polar surface area (TPSA) is 234 Å². The Morgan fingerprint density at radius 1 is 0.867 bits per heavy atom. The highest BCUT2D eigenvalue weighted by molar-refractivity contribution is 7.92. The first-order valence-electron chi connectivity index (χ1n) is 28.6. The Kier molecular flexibility index (Phi) is 17.1. The number of nitrogens with zero attached hydrogens (tertiary/aromatic N) is 11. The number of carbonyl (C=O) groups is 3. The van der Waals surface area contributed by atoms with Crippen LogP contribution in [0.15, 0.2) is 65.4 Å². The number of benzene rings is 2. The van der Waals surface area contributed by atoms with Crippen LogP contribution in [0.5, 0.6) is 11.5 Å². The number of thiazole rings is 1. The maximum Gasteiger partial charge on any atom is 0.410 e. The lowest BCUT2D eigenvalue weighted by Crippen LogP contribution is -2.63. The molecule has 83 heavy (non-hydrogen) atoms. The van der Waals surface area contributed by atoms with Crippen molar-refractivity contribution in [3.8, 4) is 11.5 Å². The van der Waals surface area contributed by atoms with Crippen LogP contribution in [0.25, 0.3) is 10.9 Å². The first kappa shape index (κ1) is 59.3.